The lowest BCUT2D eigenvalue weighted by Crippen LogP contribution is -2.50. The Morgan fingerprint density at radius 3 is 2.52 bits per heavy atom. The molecule has 2 N–H and O–H groups in total. The van der Waals surface area contributed by atoms with E-state index in [0.29, 0.717) is 5.56 Å². The number of ether oxygens (including phenoxy) is 1. The number of piperazine rings is 1. The molecule has 1 saturated heterocycles. The predicted molar refractivity (Wildman–Crippen MR) is 93.1 cm³/mol. The molecule has 0 aromatic heterocycles. The lowest BCUT2D eigenvalue weighted by atomic mass is 9.78. The van der Waals surface area contributed by atoms with E-state index in [1.54, 1.807) is 6.07 Å². The summed E-state index contributed by atoms with van der Waals surface area (Å²) in [6.07, 6.45) is 0. The number of carbonyl (C=O) groups excluding carboxylic acids is 1. The number of rotatable bonds is 5. The second-order valence-corrected chi connectivity index (χ2v) is 6.41. The Labute approximate surface area is 144 Å². The van der Waals surface area contributed by atoms with Gasteiger partial charge in [0.1, 0.15) is 0 Å². The summed E-state index contributed by atoms with van der Waals surface area (Å²) in [6, 6.07) is 7.51. The van der Waals surface area contributed by atoms with Crippen molar-refractivity contribution in [2.75, 3.05) is 39.9 Å². The van der Waals surface area contributed by atoms with Gasteiger partial charge in [-0.05, 0) is 11.6 Å². The molecule has 0 bridgehead atoms. The second-order valence-electron chi connectivity index (χ2n) is 6.41. The molecule has 23 heavy (non-hydrogen) atoms. The van der Waals surface area contributed by atoms with Gasteiger partial charge in [-0.3, -0.25) is 4.90 Å². The van der Waals surface area contributed by atoms with Crippen LogP contribution in [-0.2, 0) is 4.74 Å². The summed E-state index contributed by atoms with van der Waals surface area (Å²) in [5, 5.41) is 13.2. The number of methoxy groups -OCH3 is 1. The first-order valence-electron chi connectivity index (χ1n) is 7.74. The highest BCUT2D eigenvalue weighted by molar-refractivity contribution is 5.91. The third kappa shape index (κ3) is 4.44. The average molecular weight is 343 g/mol. The van der Waals surface area contributed by atoms with E-state index in [4.69, 9.17) is 4.74 Å². The van der Waals surface area contributed by atoms with Gasteiger partial charge in [0.05, 0.1) is 12.7 Å². The zero-order valence-electron chi connectivity index (χ0n) is 14.0. The number of aliphatic hydroxyl groups is 1. The molecule has 0 aliphatic carbocycles. The van der Waals surface area contributed by atoms with Crippen LogP contribution in [0.1, 0.15) is 35.8 Å². The molecule has 1 heterocycles. The Hall–Kier alpha value is -1.14. The Morgan fingerprint density at radius 1 is 1.35 bits per heavy atom. The van der Waals surface area contributed by atoms with Gasteiger partial charge in [0.25, 0.3) is 0 Å². The number of nitrogens with zero attached hydrogens (tertiary/aromatic N) is 1. The van der Waals surface area contributed by atoms with Crippen molar-refractivity contribution in [3.8, 4) is 0 Å². The van der Waals surface area contributed by atoms with Crippen LogP contribution in [0.3, 0.4) is 0 Å². The quantitative estimate of drug-likeness (QED) is 0.800. The normalized spacial score (nSPS) is 17.2. The smallest absolute Gasteiger partial charge is 0.338 e. The Kier molecular flexibility index (Phi) is 7.48. The SMILES string of the molecule is COC(=O)c1ccccc1[C@@H](N1CCNCC1)C(C)(C)CO.Cl. The predicted octanol–water partition coefficient (Wildman–Crippen LogP) is 1.86. The summed E-state index contributed by atoms with van der Waals surface area (Å²) in [6.45, 7) is 7.74. The largest absolute Gasteiger partial charge is 0.465 e. The van der Waals surface area contributed by atoms with Crippen LogP contribution >= 0.6 is 12.4 Å². The first-order valence-corrected chi connectivity index (χ1v) is 7.74. The van der Waals surface area contributed by atoms with Crippen LogP contribution in [0, 0.1) is 5.41 Å². The van der Waals surface area contributed by atoms with Crippen molar-refractivity contribution < 1.29 is 14.6 Å². The van der Waals surface area contributed by atoms with Gasteiger partial charge in [0.2, 0.25) is 0 Å². The van der Waals surface area contributed by atoms with E-state index in [0.717, 1.165) is 31.7 Å². The van der Waals surface area contributed by atoms with Crippen molar-refractivity contribution in [1.29, 1.82) is 0 Å². The molecule has 1 aromatic rings. The van der Waals surface area contributed by atoms with Crippen LogP contribution in [0.5, 0.6) is 0 Å². The zero-order chi connectivity index (χ0) is 16.2. The Balaban J connectivity index is 0.00000264. The first kappa shape index (κ1) is 19.9. The molecule has 130 valence electrons. The van der Waals surface area contributed by atoms with Gasteiger partial charge in [-0.2, -0.15) is 0 Å². The van der Waals surface area contributed by atoms with Crippen molar-refractivity contribution >= 4 is 18.4 Å². The first-order chi connectivity index (χ1) is 10.5. The van der Waals surface area contributed by atoms with Gasteiger partial charge in [-0.1, -0.05) is 32.0 Å². The monoisotopic (exact) mass is 342 g/mol. The lowest BCUT2D eigenvalue weighted by molar-refractivity contribution is 0.0289. The molecule has 1 aliphatic rings. The molecule has 1 fully saturated rings. The molecule has 1 aliphatic heterocycles. The highest BCUT2D eigenvalue weighted by Crippen LogP contribution is 2.39. The Bertz CT molecular complexity index is 516. The highest BCUT2D eigenvalue weighted by atomic mass is 35.5. The third-order valence-electron chi connectivity index (χ3n) is 4.33. The summed E-state index contributed by atoms with van der Waals surface area (Å²) < 4.78 is 4.93. The van der Waals surface area contributed by atoms with Gasteiger partial charge in [-0.25, -0.2) is 4.79 Å². The molecule has 6 heteroatoms. The molecule has 2 rings (SSSR count). The van der Waals surface area contributed by atoms with Crippen molar-refractivity contribution in [2.45, 2.75) is 19.9 Å². The van der Waals surface area contributed by atoms with E-state index in [1.807, 2.05) is 32.0 Å². The molecule has 0 spiro atoms. The van der Waals surface area contributed by atoms with Gasteiger partial charge < -0.3 is 15.2 Å². The van der Waals surface area contributed by atoms with Crippen molar-refractivity contribution in [3.05, 3.63) is 35.4 Å². The summed E-state index contributed by atoms with van der Waals surface area (Å²) in [5.41, 5.74) is 1.15. The van der Waals surface area contributed by atoms with E-state index < -0.39 is 0 Å². The summed E-state index contributed by atoms with van der Waals surface area (Å²) in [5.74, 6) is -0.329. The fourth-order valence-corrected chi connectivity index (χ4v) is 3.17. The van der Waals surface area contributed by atoms with Gasteiger partial charge in [-0.15, -0.1) is 12.4 Å². The number of benzene rings is 1. The molecule has 5 nitrogen and oxygen atoms in total. The maximum absolute atomic E-state index is 12.1. The molecule has 0 radical (unpaired) electrons. The number of aliphatic hydroxyl groups excluding tert-OH is 1. The van der Waals surface area contributed by atoms with Gasteiger partial charge >= 0.3 is 5.97 Å². The molecule has 0 amide bonds. The minimum atomic E-state index is -0.360. The number of hydrogen-bond donors (Lipinski definition) is 2. The van der Waals surface area contributed by atoms with Crippen molar-refractivity contribution in [1.82, 2.24) is 10.2 Å². The van der Waals surface area contributed by atoms with Crippen LogP contribution in [0.25, 0.3) is 0 Å². The van der Waals surface area contributed by atoms with Crippen molar-refractivity contribution in [2.24, 2.45) is 5.41 Å². The molecule has 1 aromatic carbocycles. The number of esters is 1. The summed E-state index contributed by atoms with van der Waals surface area (Å²) in [7, 11) is 1.40. The van der Waals surface area contributed by atoms with E-state index in [-0.39, 0.29) is 36.4 Å². The van der Waals surface area contributed by atoms with Crippen LogP contribution < -0.4 is 5.32 Å². The maximum Gasteiger partial charge on any atom is 0.338 e. The molecular weight excluding hydrogens is 316 g/mol. The summed E-state index contributed by atoms with van der Waals surface area (Å²) >= 11 is 0. The molecular formula is C17H27ClN2O3. The standard InChI is InChI=1S/C17H26N2O3.ClH/c1-17(2,12-20)15(19-10-8-18-9-11-19)13-6-4-5-7-14(13)16(21)22-3;/h4-7,15,18,20H,8-12H2,1-3H3;1H/t15-;/m1./s1. The number of halogens is 1. The molecule has 1 atom stereocenters. The topological polar surface area (TPSA) is 61.8 Å². The van der Waals surface area contributed by atoms with Gasteiger partial charge in [0, 0.05) is 44.2 Å². The fraction of sp³-hybridized carbons (Fsp3) is 0.588. The van der Waals surface area contributed by atoms with Crippen LogP contribution in [0.15, 0.2) is 24.3 Å². The van der Waals surface area contributed by atoms with Crippen LogP contribution in [0.2, 0.25) is 0 Å². The van der Waals surface area contributed by atoms with Crippen LogP contribution in [0.4, 0.5) is 0 Å². The van der Waals surface area contributed by atoms with E-state index in [2.05, 4.69) is 10.2 Å². The number of carbonyl (C=O) groups is 1. The van der Waals surface area contributed by atoms with E-state index in [9.17, 15) is 9.90 Å². The molecule has 0 saturated carbocycles. The average Bonchev–Trinajstić information content (AvgIpc) is 2.55. The maximum atomic E-state index is 12.1. The fourth-order valence-electron chi connectivity index (χ4n) is 3.17. The summed E-state index contributed by atoms with van der Waals surface area (Å²) in [4.78, 5) is 14.5. The Morgan fingerprint density at radius 2 is 1.96 bits per heavy atom. The second kappa shape index (κ2) is 8.64. The number of hydrogen-bond acceptors (Lipinski definition) is 5. The lowest BCUT2D eigenvalue weighted by Gasteiger charge is -2.44. The zero-order valence-corrected chi connectivity index (χ0v) is 14.9. The minimum absolute atomic E-state index is 0. The minimum Gasteiger partial charge on any atom is -0.465 e. The van der Waals surface area contributed by atoms with E-state index in [1.165, 1.54) is 7.11 Å². The van der Waals surface area contributed by atoms with Gasteiger partial charge in [0.15, 0.2) is 0 Å². The van der Waals surface area contributed by atoms with Crippen molar-refractivity contribution in [3.63, 3.8) is 0 Å². The molecule has 0 unspecified atom stereocenters. The van der Waals surface area contributed by atoms with Crippen LogP contribution in [-0.4, -0.2) is 55.9 Å². The third-order valence-corrected chi connectivity index (χ3v) is 4.33. The highest BCUT2D eigenvalue weighted by Gasteiger charge is 2.37. The number of nitrogens with one attached hydrogen (secondary N) is 1. The van der Waals surface area contributed by atoms with E-state index >= 15 is 0 Å².